The minimum Gasteiger partial charge on any atom is -0.508 e. The van der Waals surface area contributed by atoms with Gasteiger partial charge in [0.25, 0.3) is 5.91 Å². The zero-order valence-electron chi connectivity index (χ0n) is 17.4. The first-order valence-corrected chi connectivity index (χ1v) is 10.3. The Morgan fingerprint density at radius 1 is 1.24 bits per heavy atom. The van der Waals surface area contributed by atoms with E-state index in [2.05, 4.69) is 41.7 Å². The Hall–Kier alpha value is -2.82. The molecule has 2 N–H and O–H groups in total. The molecular formula is C24H27N3O2. The van der Waals surface area contributed by atoms with Gasteiger partial charge in [0.05, 0.1) is 17.4 Å². The molecule has 2 atom stereocenters. The van der Waals surface area contributed by atoms with Gasteiger partial charge in [-0.1, -0.05) is 26.8 Å². The Labute approximate surface area is 170 Å². The van der Waals surface area contributed by atoms with Crippen molar-refractivity contribution in [1.29, 1.82) is 0 Å². The van der Waals surface area contributed by atoms with Gasteiger partial charge in [-0.15, -0.1) is 0 Å². The predicted octanol–water partition coefficient (Wildman–Crippen LogP) is 4.33. The molecule has 2 aliphatic rings. The number of carbonyl (C=O) groups is 1. The van der Waals surface area contributed by atoms with Crippen LogP contribution in [0.3, 0.4) is 0 Å². The van der Waals surface area contributed by atoms with Crippen molar-refractivity contribution in [3.63, 3.8) is 0 Å². The van der Waals surface area contributed by atoms with Crippen LogP contribution in [0, 0.1) is 12.3 Å². The summed E-state index contributed by atoms with van der Waals surface area (Å²) in [6.07, 6.45) is 3.35. The smallest absolute Gasteiger partial charge is 0.254 e. The van der Waals surface area contributed by atoms with E-state index in [1.807, 2.05) is 31.2 Å². The molecule has 1 aliphatic heterocycles. The lowest BCUT2D eigenvalue weighted by atomic mass is 9.51. The number of hydrogen-bond acceptors (Lipinski definition) is 3. The van der Waals surface area contributed by atoms with Crippen molar-refractivity contribution in [1.82, 2.24) is 14.9 Å². The highest BCUT2D eigenvalue weighted by atomic mass is 16.3. The number of aromatic amines is 1. The Balaban J connectivity index is 1.58. The van der Waals surface area contributed by atoms with Crippen LogP contribution in [0.25, 0.3) is 11.0 Å². The van der Waals surface area contributed by atoms with Gasteiger partial charge in [-0.05, 0) is 66.1 Å². The molecule has 1 aromatic heterocycles. The first kappa shape index (κ1) is 18.2. The fourth-order valence-electron chi connectivity index (χ4n) is 5.55. The summed E-state index contributed by atoms with van der Waals surface area (Å²) in [6, 6.07) is 9.88. The second kappa shape index (κ2) is 5.85. The molecule has 150 valence electrons. The van der Waals surface area contributed by atoms with Crippen molar-refractivity contribution in [2.75, 3.05) is 6.54 Å². The highest BCUT2D eigenvalue weighted by molar-refractivity contribution is 5.97. The van der Waals surface area contributed by atoms with E-state index in [4.69, 9.17) is 0 Å². The first-order chi connectivity index (χ1) is 13.7. The maximum absolute atomic E-state index is 13.5. The summed E-state index contributed by atoms with van der Waals surface area (Å²) in [5.74, 6) is 0.450. The molecule has 2 bridgehead atoms. The topological polar surface area (TPSA) is 69.2 Å². The molecule has 0 spiro atoms. The van der Waals surface area contributed by atoms with Gasteiger partial charge in [-0.25, -0.2) is 4.98 Å². The van der Waals surface area contributed by atoms with E-state index in [1.54, 1.807) is 6.33 Å². The molecule has 5 rings (SSSR count). The van der Waals surface area contributed by atoms with Gasteiger partial charge in [0.2, 0.25) is 0 Å². The van der Waals surface area contributed by atoms with E-state index in [0.717, 1.165) is 36.0 Å². The van der Waals surface area contributed by atoms with Crippen molar-refractivity contribution in [2.45, 2.75) is 52.0 Å². The van der Waals surface area contributed by atoms with Gasteiger partial charge in [-0.2, -0.15) is 0 Å². The molecule has 5 nitrogen and oxygen atoms in total. The van der Waals surface area contributed by atoms with Crippen molar-refractivity contribution >= 4 is 16.9 Å². The SMILES string of the molecule is Cc1cc2c(cc1O)[C@]1(C)CCN(C(=O)c3ccc4nc[nH]c4c3)[C@H](C2)C1(C)C. The summed E-state index contributed by atoms with van der Waals surface area (Å²) in [5.41, 5.74) is 5.67. The lowest BCUT2D eigenvalue weighted by molar-refractivity contribution is -0.0263. The molecule has 3 aromatic rings. The minimum atomic E-state index is -0.103. The number of nitrogens with zero attached hydrogens (tertiary/aromatic N) is 2. The monoisotopic (exact) mass is 389 g/mol. The second-order valence-electron chi connectivity index (χ2n) is 9.45. The summed E-state index contributed by atoms with van der Waals surface area (Å²) in [6.45, 7) is 9.50. The van der Waals surface area contributed by atoms with Gasteiger partial charge in [0, 0.05) is 23.6 Å². The number of phenols is 1. The Bertz CT molecular complexity index is 1150. The standard InChI is InChI=1S/C24H27N3O2/c1-14-9-16-11-21-23(2,3)24(4,17(16)12-20(14)28)7-8-27(21)22(29)15-5-6-18-19(10-15)26-13-25-18/h5-6,9-10,12-13,21,28H,7-8,11H2,1-4H3,(H,25,26)/t21-,24+/m1/s1. The van der Waals surface area contributed by atoms with Crippen LogP contribution < -0.4 is 0 Å². The third kappa shape index (κ3) is 2.39. The van der Waals surface area contributed by atoms with Crippen LogP contribution in [-0.4, -0.2) is 38.5 Å². The fraction of sp³-hybridized carbons (Fsp3) is 0.417. The largest absolute Gasteiger partial charge is 0.508 e. The number of hydrogen-bond donors (Lipinski definition) is 2. The van der Waals surface area contributed by atoms with Crippen LogP contribution in [0.2, 0.25) is 0 Å². The number of rotatable bonds is 1. The first-order valence-electron chi connectivity index (χ1n) is 10.3. The number of benzene rings is 2. The van der Waals surface area contributed by atoms with E-state index >= 15 is 0 Å². The quantitative estimate of drug-likeness (QED) is 0.651. The van der Waals surface area contributed by atoms with Crippen molar-refractivity contribution < 1.29 is 9.90 Å². The molecule has 0 saturated carbocycles. The predicted molar refractivity (Wildman–Crippen MR) is 113 cm³/mol. The molecule has 0 radical (unpaired) electrons. The Morgan fingerprint density at radius 2 is 2.03 bits per heavy atom. The average Bonchev–Trinajstić information content (AvgIpc) is 3.14. The summed E-state index contributed by atoms with van der Waals surface area (Å²) in [7, 11) is 0. The number of piperidine rings is 1. The molecule has 1 amide bonds. The number of likely N-dealkylation sites (tertiary alicyclic amines) is 1. The number of H-pyrrole nitrogens is 1. The molecular weight excluding hydrogens is 362 g/mol. The Morgan fingerprint density at radius 3 is 2.83 bits per heavy atom. The molecule has 2 aromatic carbocycles. The molecule has 2 heterocycles. The fourth-order valence-corrected chi connectivity index (χ4v) is 5.55. The zero-order chi connectivity index (χ0) is 20.6. The van der Waals surface area contributed by atoms with Crippen molar-refractivity contribution in [3.8, 4) is 5.75 Å². The zero-order valence-corrected chi connectivity index (χ0v) is 17.4. The summed E-state index contributed by atoms with van der Waals surface area (Å²) in [5, 5.41) is 10.3. The van der Waals surface area contributed by atoms with Crippen LogP contribution in [0.4, 0.5) is 0 Å². The molecule has 1 saturated heterocycles. The third-order valence-corrected chi connectivity index (χ3v) is 7.84. The number of carbonyl (C=O) groups excluding carboxylic acids is 1. The molecule has 1 fully saturated rings. The van der Waals surface area contributed by atoms with Gasteiger partial charge >= 0.3 is 0 Å². The van der Waals surface area contributed by atoms with Crippen LogP contribution >= 0.6 is 0 Å². The normalized spacial score (nSPS) is 25.1. The average molecular weight is 389 g/mol. The Kier molecular flexibility index (Phi) is 3.67. The molecule has 5 heteroatoms. The van der Waals surface area contributed by atoms with Gasteiger partial charge in [0.1, 0.15) is 5.75 Å². The maximum atomic E-state index is 13.5. The summed E-state index contributed by atoms with van der Waals surface area (Å²) >= 11 is 0. The number of amides is 1. The number of phenolic OH excluding ortho intramolecular Hbond substituents is 1. The number of imidazole rings is 1. The lowest BCUT2D eigenvalue weighted by Crippen LogP contribution is -2.64. The number of fused-ring (bicyclic) bond motifs is 5. The number of nitrogens with one attached hydrogen (secondary N) is 1. The van der Waals surface area contributed by atoms with E-state index in [9.17, 15) is 9.90 Å². The molecule has 1 aliphatic carbocycles. The van der Waals surface area contributed by atoms with Gasteiger partial charge in [-0.3, -0.25) is 4.79 Å². The van der Waals surface area contributed by atoms with Crippen LogP contribution in [0.15, 0.2) is 36.7 Å². The number of aryl methyl sites for hydroxylation is 1. The third-order valence-electron chi connectivity index (χ3n) is 7.84. The van der Waals surface area contributed by atoms with Gasteiger partial charge < -0.3 is 15.0 Å². The number of aromatic nitrogens is 2. The van der Waals surface area contributed by atoms with Crippen LogP contribution in [0.5, 0.6) is 5.75 Å². The highest BCUT2D eigenvalue weighted by Gasteiger charge is 2.57. The van der Waals surface area contributed by atoms with Crippen molar-refractivity contribution in [3.05, 3.63) is 58.9 Å². The molecule has 0 unspecified atom stereocenters. The van der Waals surface area contributed by atoms with E-state index < -0.39 is 0 Å². The maximum Gasteiger partial charge on any atom is 0.254 e. The van der Waals surface area contributed by atoms with E-state index in [-0.39, 0.29) is 22.8 Å². The summed E-state index contributed by atoms with van der Waals surface area (Å²) in [4.78, 5) is 23.0. The molecule has 29 heavy (non-hydrogen) atoms. The highest BCUT2D eigenvalue weighted by Crippen LogP contribution is 2.56. The van der Waals surface area contributed by atoms with E-state index in [0.29, 0.717) is 11.3 Å². The summed E-state index contributed by atoms with van der Waals surface area (Å²) < 4.78 is 0. The van der Waals surface area contributed by atoms with Crippen LogP contribution in [-0.2, 0) is 11.8 Å². The van der Waals surface area contributed by atoms with Gasteiger partial charge in [0.15, 0.2) is 0 Å². The van der Waals surface area contributed by atoms with E-state index in [1.165, 1.54) is 11.1 Å². The second-order valence-corrected chi connectivity index (χ2v) is 9.45. The van der Waals surface area contributed by atoms with Crippen LogP contribution in [0.1, 0.15) is 54.2 Å². The number of aromatic hydroxyl groups is 1. The van der Waals surface area contributed by atoms with Crippen molar-refractivity contribution in [2.24, 2.45) is 5.41 Å². The minimum absolute atomic E-state index is 0.0828. The lowest BCUT2D eigenvalue weighted by Gasteiger charge is -2.60.